The van der Waals surface area contributed by atoms with Crippen LogP contribution < -0.4 is 0 Å². The van der Waals surface area contributed by atoms with E-state index in [1.54, 1.807) is 24.3 Å². The predicted molar refractivity (Wildman–Crippen MR) is 71.8 cm³/mol. The first kappa shape index (κ1) is 13.4. The van der Waals surface area contributed by atoms with Gasteiger partial charge in [0.25, 0.3) is 5.91 Å². The summed E-state index contributed by atoms with van der Waals surface area (Å²) in [5.74, 6) is 0.343. The molecule has 0 spiro atoms. The van der Waals surface area contributed by atoms with Crippen LogP contribution in [0, 0.1) is 5.92 Å². The van der Waals surface area contributed by atoms with Crippen LogP contribution in [0.3, 0.4) is 0 Å². The SMILES string of the molecule is CC(O)C1CCN(C(=O)c2cccc(Cl)c2)CC1. The largest absolute Gasteiger partial charge is 0.393 e. The number of piperidine rings is 1. The van der Waals surface area contributed by atoms with Gasteiger partial charge in [-0.2, -0.15) is 0 Å². The van der Waals surface area contributed by atoms with Gasteiger partial charge in [0.2, 0.25) is 0 Å². The molecule has 2 rings (SSSR count). The number of aliphatic hydroxyl groups is 1. The van der Waals surface area contributed by atoms with Gasteiger partial charge < -0.3 is 10.0 Å². The van der Waals surface area contributed by atoms with E-state index in [1.165, 1.54) is 0 Å². The number of likely N-dealkylation sites (tertiary alicyclic amines) is 1. The molecule has 0 aromatic heterocycles. The first-order chi connectivity index (χ1) is 8.58. The highest BCUT2D eigenvalue weighted by atomic mass is 35.5. The van der Waals surface area contributed by atoms with Crippen LogP contribution in [0.1, 0.15) is 30.1 Å². The molecule has 1 heterocycles. The number of nitrogens with zero attached hydrogens (tertiary/aromatic N) is 1. The van der Waals surface area contributed by atoms with E-state index in [9.17, 15) is 9.90 Å². The number of carbonyl (C=O) groups excluding carboxylic acids is 1. The van der Waals surface area contributed by atoms with E-state index in [2.05, 4.69) is 0 Å². The van der Waals surface area contributed by atoms with Crippen LogP contribution >= 0.6 is 11.6 Å². The number of rotatable bonds is 2. The van der Waals surface area contributed by atoms with Crippen LogP contribution in [-0.2, 0) is 0 Å². The number of halogens is 1. The van der Waals surface area contributed by atoms with Gasteiger partial charge in [0.05, 0.1) is 6.10 Å². The lowest BCUT2D eigenvalue weighted by atomic mass is 9.92. The monoisotopic (exact) mass is 267 g/mol. The van der Waals surface area contributed by atoms with Crippen LogP contribution in [-0.4, -0.2) is 35.1 Å². The maximum absolute atomic E-state index is 12.2. The Morgan fingerprint density at radius 1 is 1.44 bits per heavy atom. The highest BCUT2D eigenvalue weighted by Crippen LogP contribution is 2.22. The van der Waals surface area contributed by atoms with Gasteiger partial charge in [-0.1, -0.05) is 17.7 Å². The molecule has 1 amide bonds. The molecule has 1 aliphatic rings. The number of hydrogen-bond acceptors (Lipinski definition) is 2. The van der Waals surface area contributed by atoms with Crippen molar-refractivity contribution < 1.29 is 9.90 Å². The molecule has 0 aliphatic carbocycles. The summed E-state index contributed by atoms with van der Waals surface area (Å²) in [6, 6.07) is 7.04. The Morgan fingerprint density at radius 3 is 2.67 bits per heavy atom. The molecule has 1 aromatic carbocycles. The minimum absolute atomic E-state index is 0.0292. The molecule has 1 unspecified atom stereocenters. The fourth-order valence-electron chi connectivity index (χ4n) is 2.39. The molecule has 3 nitrogen and oxygen atoms in total. The van der Waals surface area contributed by atoms with Gasteiger partial charge in [-0.15, -0.1) is 0 Å². The molecule has 1 saturated heterocycles. The van der Waals surface area contributed by atoms with Crippen molar-refractivity contribution in [3.63, 3.8) is 0 Å². The standard InChI is InChI=1S/C14H18ClNO2/c1-10(17)11-5-7-16(8-6-11)14(18)12-3-2-4-13(15)9-12/h2-4,9-11,17H,5-8H2,1H3. The molecule has 1 N–H and O–H groups in total. The van der Waals surface area contributed by atoms with Gasteiger partial charge in [0.15, 0.2) is 0 Å². The number of benzene rings is 1. The van der Waals surface area contributed by atoms with E-state index in [4.69, 9.17) is 11.6 Å². The Kier molecular flexibility index (Phi) is 4.25. The van der Waals surface area contributed by atoms with E-state index >= 15 is 0 Å². The van der Waals surface area contributed by atoms with Gasteiger partial charge in [-0.05, 0) is 43.9 Å². The molecule has 18 heavy (non-hydrogen) atoms. The minimum atomic E-state index is -0.284. The third-order valence-electron chi connectivity index (χ3n) is 3.58. The lowest BCUT2D eigenvalue weighted by Crippen LogP contribution is -2.40. The molecule has 0 saturated carbocycles. The summed E-state index contributed by atoms with van der Waals surface area (Å²) in [4.78, 5) is 14.1. The van der Waals surface area contributed by atoms with E-state index < -0.39 is 0 Å². The second kappa shape index (κ2) is 5.72. The molecule has 1 aromatic rings. The molecule has 4 heteroatoms. The second-order valence-electron chi connectivity index (χ2n) is 4.88. The molecule has 98 valence electrons. The van der Waals surface area contributed by atoms with Crippen molar-refractivity contribution >= 4 is 17.5 Å². The van der Waals surface area contributed by atoms with Crippen molar-refractivity contribution in [1.82, 2.24) is 4.90 Å². The molecular weight excluding hydrogens is 250 g/mol. The zero-order chi connectivity index (χ0) is 13.1. The summed E-state index contributed by atoms with van der Waals surface area (Å²) < 4.78 is 0. The Bertz CT molecular complexity index is 426. The van der Waals surface area contributed by atoms with Gasteiger partial charge in [-0.25, -0.2) is 0 Å². The normalized spacial score (nSPS) is 18.7. The summed E-state index contributed by atoms with van der Waals surface area (Å²) in [6.07, 6.45) is 1.45. The molecule has 0 bridgehead atoms. The topological polar surface area (TPSA) is 40.5 Å². The van der Waals surface area contributed by atoms with E-state index in [1.807, 2.05) is 11.8 Å². The average molecular weight is 268 g/mol. The highest BCUT2D eigenvalue weighted by molar-refractivity contribution is 6.30. The third kappa shape index (κ3) is 3.03. The van der Waals surface area contributed by atoms with E-state index in [-0.39, 0.29) is 12.0 Å². The van der Waals surface area contributed by atoms with E-state index in [0.717, 1.165) is 12.8 Å². The minimum Gasteiger partial charge on any atom is -0.393 e. The summed E-state index contributed by atoms with van der Waals surface area (Å²) in [6.45, 7) is 3.24. The fraction of sp³-hybridized carbons (Fsp3) is 0.500. The van der Waals surface area contributed by atoms with Gasteiger partial charge >= 0.3 is 0 Å². The number of carbonyl (C=O) groups is 1. The van der Waals surface area contributed by atoms with Crippen LogP contribution in [0.15, 0.2) is 24.3 Å². The molecule has 1 aliphatic heterocycles. The first-order valence-electron chi connectivity index (χ1n) is 6.31. The van der Waals surface area contributed by atoms with Crippen LogP contribution in [0.2, 0.25) is 5.02 Å². The average Bonchev–Trinajstić information content (AvgIpc) is 2.38. The van der Waals surface area contributed by atoms with Crippen LogP contribution in [0.5, 0.6) is 0 Å². The first-order valence-corrected chi connectivity index (χ1v) is 6.68. The van der Waals surface area contributed by atoms with Crippen molar-refractivity contribution in [2.45, 2.75) is 25.9 Å². The van der Waals surface area contributed by atoms with Gasteiger partial charge in [0.1, 0.15) is 0 Å². The Hall–Kier alpha value is -1.06. The Morgan fingerprint density at radius 2 is 2.11 bits per heavy atom. The predicted octanol–water partition coefficient (Wildman–Crippen LogP) is 2.57. The smallest absolute Gasteiger partial charge is 0.253 e. The molecule has 1 fully saturated rings. The molecule has 1 atom stereocenters. The van der Waals surface area contributed by atoms with Gasteiger partial charge in [-0.3, -0.25) is 4.79 Å². The Balaban J connectivity index is 1.99. The lowest BCUT2D eigenvalue weighted by Gasteiger charge is -2.33. The van der Waals surface area contributed by atoms with Crippen molar-refractivity contribution in [3.05, 3.63) is 34.9 Å². The Labute approximate surface area is 112 Å². The maximum atomic E-state index is 12.2. The summed E-state index contributed by atoms with van der Waals surface area (Å²) in [5, 5.41) is 10.1. The highest BCUT2D eigenvalue weighted by Gasteiger charge is 2.25. The lowest BCUT2D eigenvalue weighted by molar-refractivity contribution is 0.0521. The van der Waals surface area contributed by atoms with Crippen LogP contribution in [0.25, 0.3) is 0 Å². The summed E-state index contributed by atoms with van der Waals surface area (Å²) in [5.41, 5.74) is 0.637. The van der Waals surface area contributed by atoms with Crippen molar-refractivity contribution in [1.29, 1.82) is 0 Å². The van der Waals surface area contributed by atoms with Crippen molar-refractivity contribution in [2.75, 3.05) is 13.1 Å². The second-order valence-corrected chi connectivity index (χ2v) is 5.32. The zero-order valence-corrected chi connectivity index (χ0v) is 11.2. The van der Waals surface area contributed by atoms with E-state index in [0.29, 0.717) is 29.6 Å². The zero-order valence-electron chi connectivity index (χ0n) is 10.5. The maximum Gasteiger partial charge on any atom is 0.253 e. The van der Waals surface area contributed by atoms with Gasteiger partial charge in [0, 0.05) is 23.7 Å². The number of amides is 1. The summed E-state index contributed by atoms with van der Waals surface area (Å²) >= 11 is 5.89. The molecule has 0 radical (unpaired) electrons. The summed E-state index contributed by atoms with van der Waals surface area (Å²) in [7, 11) is 0. The van der Waals surface area contributed by atoms with Crippen LogP contribution in [0.4, 0.5) is 0 Å². The fourth-order valence-corrected chi connectivity index (χ4v) is 2.58. The molecular formula is C14H18ClNO2. The number of hydrogen-bond donors (Lipinski definition) is 1. The third-order valence-corrected chi connectivity index (χ3v) is 3.82. The van der Waals surface area contributed by atoms with Crippen molar-refractivity contribution in [2.24, 2.45) is 5.92 Å². The number of aliphatic hydroxyl groups excluding tert-OH is 1. The quantitative estimate of drug-likeness (QED) is 0.895. The van der Waals surface area contributed by atoms with Crippen molar-refractivity contribution in [3.8, 4) is 0 Å².